The molecule has 0 aliphatic carbocycles. The number of aromatic nitrogens is 2. The Morgan fingerprint density at radius 3 is 2.38 bits per heavy atom. The van der Waals surface area contributed by atoms with Crippen molar-refractivity contribution in [2.75, 3.05) is 0 Å². The summed E-state index contributed by atoms with van der Waals surface area (Å²) in [7, 11) is 0. The quantitative estimate of drug-likeness (QED) is 0.785. The van der Waals surface area contributed by atoms with Crippen molar-refractivity contribution in [2.45, 2.75) is 12.8 Å². The van der Waals surface area contributed by atoms with E-state index in [1.807, 2.05) is 0 Å². The Morgan fingerprint density at radius 1 is 1.05 bits per heavy atom. The van der Waals surface area contributed by atoms with Gasteiger partial charge < -0.3 is 9.51 Å². The molecule has 3 aromatic rings. The van der Waals surface area contributed by atoms with Gasteiger partial charge in [0.25, 0.3) is 0 Å². The van der Waals surface area contributed by atoms with Crippen LogP contribution in [0.5, 0.6) is 0 Å². The number of alkyl halides is 3. The summed E-state index contributed by atoms with van der Waals surface area (Å²) in [6, 6.07) is 11.1. The van der Waals surface area contributed by atoms with E-state index in [0.29, 0.717) is 17.0 Å². The maximum atomic E-state index is 13.0. The highest BCUT2D eigenvalue weighted by Crippen LogP contribution is 2.34. The van der Waals surface area contributed by atoms with Crippen LogP contribution in [0.25, 0.3) is 16.9 Å². The molecule has 0 atom stereocenters. The van der Waals surface area contributed by atoms with Crippen LogP contribution in [0, 0.1) is 0 Å². The molecule has 108 valence electrons. The van der Waals surface area contributed by atoms with Gasteiger partial charge in [-0.1, -0.05) is 30.3 Å². The smallest absolute Gasteiger partial charge is 0.390 e. The van der Waals surface area contributed by atoms with Crippen molar-refractivity contribution < 1.29 is 18.3 Å². The van der Waals surface area contributed by atoms with E-state index in [0.717, 1.165) is 6.07 Å². The Labute approximate surface area is 118 Å². The van der Waals surface area contributed by atoms with Crippen LogP contribution in [0.2, 0.25) is 0 Å². The van der Waals surface area contributed by atoms with Crippen molar-refractivity contribution in [1.29, 1.82) is 0 Å². The zero-order valence-electron chi connectivity index (χ0n) is 10.8. The highest BCUT2D eigenvalue weighted by molar-refractivity contribution is 5.68. The van der Waals surface area contributed by atoms with Gasteiger partial charge in [-0.15, -0.1) is 0 Å². The number of halogens is 3. The van der Waals surface area contributed by atoms with Gasteiger partial charge in [0.15, 0.2) is 0 Å². The first-order chi connectivity index (χ1) is 10.0. The highest BCUT2D eigenvalue weighted by atomic mass is 19.4. The van der Waals surface area contributed by atoms with E-state index < -0.39 is 18.3 Å². The van der Waals surface area contributed by atoms with Gasteiger partial charge in [0.05, 0.1) is 23.6 Å². The predicted octanol–water partition coefficient (Wildman–Crippen LogP) is 3.51. The number of imidazole rings is 1. The number of aliphatic hydroxyl groups is 1. The lowest BCUT2D eigenvalue weighted by Crippen LogP contribution is -2.08. The maximum Gasteiger partial charge on any atom is 0.419 e. The topological polar surface area (TPSA) is 37.5 Å². The molecule has 0 bridgehead atoms. The maximum absolute atomic E-state index is 13.0. The van der Waals surface area contributed by atoms with Gasteiger partial charge >= 0.3 is 6.18 Å². The lowest BCUT2D eigenvalue weighted by atomic mass is 10.1. The van der Waals surface area contributed by atoms with Gasteiger partial charge in [0.1, 0.15) is 5.65 Å². The van der Waals surface area contributed by atoms with E-state index in [-0.39, 0.29) is 5.65 Å². The molecule has 0 aliphatic rings. The fraction of sp³-hybridized carbons (Fsp3) is 0.133. The van der Waals surface area contributed by atoms with Crippen LogP contribution in [0.4, 0.5) is 13.2 Å². The van der Waals surface area contributed by atoms with E-state index in [9.17, 15) is 18.3 Å². The van der Waals surface area contributed by atoms with E-state index in [4.69, 9.17) is 0 Å². The minimum Gasteiger partial charge on any atom is -0.390 e. The molecule has 0 amide bonds. The summed E-state index contributed by atoms with van der Waals surface area (Å²) in [5.41, 5.74) is 0.338. The third-order valence-electron chi connectivity index (χ3n) is 3.25. The summed E-state index contributed by atoms with van der Waals surface area (Å²) in [4.78, 5) is 4.10. The average molecular weight is 292 g/mol. The molecule has 0 fully saturated rings. The summed E-state index contributed by atoms with van der Waals surface area (Å²) in [5, 5.41) is 9.52. The molecule has 2 aromatic heterocycles. The first-order valence-corrected chi connectivity index (χ1v) is 6.26. The zero-order valence-corrected chi connectivity index (χ0v) is 10.8. The van der Waals surface area contributed by atoms with Crippen LogP contribution < -0.4 is 0 Å². The number of hydrogen-bond donors (Lipinski definition) is 1. The summed E-state index contributed by atoms with van der Waals surface area (Å²) in [5.74, 6) is 0. The van der Waals surface area contributed by atoms with Crippen molar-refractivity contribution in [3.8, 4) is 11.3 Å². The first-order valence-electron chi connectivity index (χ1n) is 6.26. The van der Waals surface area contributed by atoms with Crippen LogP contribution >= 0.6 is 0 Å². The molecule has 0 radical (unpaired) electrons. The molecule has 1 aromatic carbocycles. The van der Waals surface area contributed by atoms with Crippen molar-refractivity contribution in [3.05, 3.63) is 59.9 Å². The Kier molecular flexibility index (Phi) is 3.17. The normalized spacial score (nSPS) is 12.0. The van der Waals surface area contributed by atoms with Gasteiger partial charge in [0.2, 0.25) is 0 Å². The highest BCUT2D eigenvalue weighted by Gasteiger charge is 2.34. The molecule has 1 N–H and O–H groups in total. The minimum atomic E-state index is -4.49. The standard InChI is InChI=1S/C15H11F3N2O/c16-15(17,18)11-7-4-8-20-12(9-21)13(19-14(11)20)10-5-2-1-3-6-10/h1-8,21H,9H2. The Balaban J connectivity index is 2.33. The van der Waals surface area contributed by atoms with Gasteiger partial charge in [-0.05, 0) is 12.1 Å². The molecule has 3 rings (SSSR count). The average Bonchev–Trinajstić information content (AvgIpc) is 2.85. The van der Waals surface area contributed by atoms with Crippen molar-refractivity contribution in [3.63, 3.8) is 0 Å². The zero-order chi connectivity index (χ0) is 15.0. The van der Waals surface area contributed by atoms with Crippen molar-refractivity contribution in [2.24, 2.45) is 0 Å². The van der Waals surface area contributed by atoms with Crippen LogP contribution in [-0.2, 0) is 12.8 Å². The Bertz CT molecular complexity index is 779. The van der Waals surface area contributed by atoms with Gasteiger partial charge in [-0.2, -0.15) is 13.2 Å². The third kappa shape index (κ3) is 2.27. The second-order valence-electron chi connectivity index (χ2n) is 4.54. The Hall–Kier alpha value is -2.34. The van der Waals surface area contributed by atoms with E-state index >= 15 is 0 Å². The number of nitrogens with zero attached hydrogens (tertiary/aromatic N) is 2. The first kappa shape index (κ1) is 13.6. The van der Waals surface area contributed by atoms with E-state index in [2.05, 4.69) is 4.98 Å². The molecule has 2 heterocycles. The summed E-state index contributed by atoms with van der Waals surface area (Å²) < 4.78 is 40.4. The molecule has 6 heteroatoms. The molecular formula is C15H11F3N2O. The lowest BCUT2D eigenvalue weighted by Gasteiger charge is -2.07. The van der Waals surface area contributed by atoms with Crippen LogP contribution in [0.3, 0.4) is 0 Å². The molecule has 0 spiro atoms. The second kappa shape index (κ2) is 4.89. The van der Waals surface area contributed by atoms with Crippen molar-refractivity contribution >= 4 is 5.65 Å². The summed E-state index contributed by atoms with van der Waals surface area (Å²) >= 11 is 0. The van der Waals surface area contributed by atoms with E-state index in [1.165, 1.54) is 16.7 Å². The third-order valence-corrected chi connectivity index (χ3v) is 3.25. The number of hydrogen-bond acceptors (Lipinski definition) is 2. The Morgan fingerprint density at radius 2 is 1.76 bits per heavy atom. The minimum absolute atomic E-state index is 0.201. The van der Waals surface area contributed by atoms with Crippen LogP contribution in [-0.4, -0.2) is 14.5 Å². The molecule has 21 heavy (non-hydrogen) atoms. The molecule has 0 saturated heterocycles. The van der Waals surface area contributed by atoms with Crippen LogP contribution in [0.1, 0.15) is 11.3 Å². The largest absolute Gasteiger partial charge is 0.419 e. The van der Waals surface area contributed by atoms with Gasteiger partial charge in [-0.3, -0.25) is 0 Å². The molecular weight excluding hydrogens is 281 g/mol. The number of fused-ring (bicyclic) bond motifs is 1. The summed E-state index contributed by atoms with van der Waals surface area (Å²) in [6.07, 6.45) is -3.02. The SMILES string of the molecule is OCc1c(-c2ccccc2)nc2c(C(F)(F)F)cccn12. The van der Waals surface area contributed by atoms with Crippen LogP contribution in [0.15, 0.2) is 48.7 Å². The monoisotopic (exact) mass is 292 g/mol. The molecule has 3 nitrogen and oxygen atoms in total. The lowest BCUT2D eigenvalue weighted by molar-refractivity contribution is -0.136. The van der Waals surface area contributed by atoms with E-state index in [1.54, 1.807) is 30.3 Å². The number of aliphatic hydroxyl groups excluding tert-OH is 1. The fourth-order valence-corrected chi connectivity index (χ4v) is 2.32. The number of rotatable bonds is 2. The number of pyridine rings is 1. The molecule has 0 unspecified atom stereocenters. The molecule has 0 saturated carbocycles. The summed E-state index contributed by atoms with van der Waals surface area (Å²) in [6.45, 7) is -0.396. The van der Waals surface area contributed by atoms with Gasteiger partial charge in [0, 0.05) is 11.8 Å². The second-order valence-corrected chi connectivity index (χ2v) is 4.54. The predicted molar refractivity (Wildman–Crippen MR) is 71.6 cm³/mol. The van der Waals surface area contributed by atoms with Crippen molar-refractivity contribution in [1.82, 2.24) is 9.38 Å². The molecule has 0 aliphatic heterocycles. The fourth-order valence-electron chi connectivity index (χ4n) is 2.32. The number of benzene rings is 1. The van der Waals surface area contributed by atoms with Gasteiger partial charge in [-0.25, -0.2) is 4.98 Å².